The van der Waals surface area contributed by atoms with Gasteiger partial charge in [0, 0.05) is 5.56 Å². The Labute approximate surface area is 108 Å². The molecule has 0 aliphatic rings. The average molecular weight is 265 g/mol. The lowest BCUT2D eigenvalue weighted by Gasteiger charge is -2.11. The van der Waals surface area contributed by atoms with Gasteiger partial charge in [0.05, 0.1) is 18.9 Å². The first kappa shape index (κ1) is 14.2. The van der Waals surface area contributed by atoms with Gasteiger partial charge in [-0.1, -0.05) is 0 Å². The van der Waals surface area contributed by atoms with E-state index >= 15 is 0 Å². The van der Waals surface area contributed by atoms with Gasteiger partial charge in [-0.15, -0.1) is 0 Å². The monoisotopic (exact) mass is 265 g/mol. The molecule has 0 aromatic heterocycles. The van der Waals surface area contributed by atoms with Crippen LogP contribution in [0.25, 0.3) is 0 Å². The van der Waals surface area contributed by atoms with Crippen molar-refractivity contribution in [2.75, 3.05) is 12.4 Å². The van der Waals surface area contributed by atoms with E-state index in [1.165, 1.54) is 25.3 Å². The summed E-state index contributed by atoms with van der Waals surface area (Å²) in [6.07, 6.45) is 1.13. The van der Waals surface area contributed by atoms with Gasteiger partial charge in [-0.2, -0.15) is 0 Å². The number of aldehydes is 1. The highest BCUT2D eigenvalue weighted by Crippen LogP contribution is 2.26. The lowest BCUT2D eigenvalue weighted by molar-refractivity contribution is -0.134. The SMILES string of the molecule is COc1cc(C=O)ccc1N/C(=C\C(=O)O)C(=O)O. The number of hydrogen-bond acceptors (Lipinski definition) is 5. The van der Waals surface area contributed by atoms with Crippen molar-refractivity contribution in [2.45, 2.75) is 0 Å². The van der Waals surface area contributed by atoms with Crippen LogP contribution in [0, 0.1) is 0 Å². The van der Waals surface area contributed by atoms with E-state index in [4.69, 9.17) is 14.9 Å². The number of anilines is 1. The molecular weight excluding hydrogens is 254 g/mol. The number of hydrogen-bond donors (Lipinski definition) is 3. The fourth-order valence-corrected chi connectivity index (χ4v) is 1.30. The van der Waals surface area contributed by atoms with Crippen LogP contribution in [-0.4, -0.2) is 35.5 Å². The Morgan fingerprint density at radius 1 is 1.32 bits per heavy atom. The van der Waals surface area contributed by atoms with E-state index in [0.717, 1.165) is 0 Å². The summed E-state index contributed by atoms with van der Waals surface area (Å²) in [5, 5.41) is 19.8. The zero-order valence-electron chi connectivity index (χ0n) is 9.91. The Morgan fingerprint density at radius 2 is 2.00 bits per heavy atom. The maximum atomic E-state index is 10.9. The lowest BCUT2D eigenvalue weighted by atomic mass is 10.2. The molecule has 0 fully saturated rings. The van der Waals surface area contributed by atoms with E-state index in [2.05, 4.69) is 5.32 Å². The molecule has 0 bridgehead atoms. The smallest absolute Gasteiger partial charge is 0.352 e. The Bertz CT molecular complexity index is 549. The summed E-state index contributed by atoms with van der Waals surface area (Å²) < 4.78 is 4.98. The van der Waals surface area contributed by atoms with Gasteiger partial charge in [-0.3, -0.25) is 4.79 Å². The minimum atomic E-state index is -1.43. The van der Waals surface area contributed by atoms with Gasteiger partial charge in [0.15, 0.2) is 0 Å². The van der Waals surface area contributed by atoms with Crippen molar-refractivity contribution >= 4 is 23.9 Å². The highest BCUT2D eigenvalue weighted by atomic mass is 16.5. The van der Waals surface area contributed by atoms with Gasteiger partial charge in [0.1, 0.15) is 17.7 Å². The number of rotatable bonds is 6. The number of nitrogens with one attached hydrogen (secondary N) is 1. The molecule has 3 N–H and O–H groups in total. The predicted molar refractivity (Wildman–Crippen MR) is 65.4 cm³/mol. The molecule has 0 amide bonds. The summed E-state index contributed by atoms with van der Waals surface area (Å²) in [6.45, 7) is 0. The topological polar surface area (TPSA) is 113 Å². The third kappa shape index (κ3) is 3.84. The standard InChI is InChI=1S/C12H11NO6/c1-19-10-4-7(6-14)2-3-8(10)13-9(12(17)18)5-11(15)16/h2-6,13H,1H3,(H,15,16)(H,17,18)/b9-5-. The second-order valence-electron chi connectivity index (χ2n) is 3.40. The highest BCUT2D eigenvalue weighted by Gasteiger charge is 2.12. The molecule has 7 nitrogen and oxygen atoms in total. The summed E-state index contributed by atoms with van der Waals surface area (Å²) >= 11 is 0. The summed E-state index contributed by atoms with van der Waals surface area (Å²) in [5.41, 5.74) is 0.0640. The second kappa shape index (κ2) is 6.20. The van der Waals surface area contributed by atoms with Crippen LogP contribution in [0.4, 0.5) is 5.69 Å². The number of aliphatic carboxylic acids is 2. The molecular formula is C12H11NO6. The van der Waals surface area contributed by atoms with E-state index < -0.39 is 17.6 Å². The average Bonchev–Trinajstić information content (AvgIpc) is 2.37. The maximum absolute atomic E-state index is 10.9. The molecule has 19 heavy (non-hydrogen) atoms. The number of carboxylic acid groups (broad SMARTS) is 2. The van der Waals surface area contributed by atoms with Gasteiger partial charge in [0.25, 0.3) is 0 Å². The Hall–Kier alpha value is -2.83. The van der Waals surface area contributed by atoms with Crippen molar-refractivity contribution in [3.63, 3.8) is 0 Å². The van der Waals surface area contributed by atoms with Crippen LogP contribution in [0.1, 0.15) is 10.4 Å². The molecule has 0 unspecified atom stereocenters. The molecule has 0 saturated carbocycles. The molecule has 1 rings (SSSR count). The molecule has 0 heterocycles. The molecule has 1 aromatic carbocycles. The summed E-state index contributed by atoms with van der Waals surface area (Å²) in [4.78, 5) is 32.0. The second-order valence-corrected chi connectivity index (χ2v) is 3.40. The van der Waals surface area contributed by atoms with Gasteiger partial charge in [-0.05, 0) is 18.2 Å². The number of carbonyl (C=O) groups excluding carboxylic acids is 1. The van der Waals surface area contributed by atoms with Crippen LogP contribution >= 0.6 is 0 Å². The zero-order valence-corrected chi connectivity index (χ0v) is 9.91. The van der Waals surface area contributed by atoms with E-state index in [1.54, 1.807) is 0 Å². The molecule has 100 valence electrons. The van der Waals surface area contributed by atoms with Gasteiger partial charge < -0.3 is 20.3 Å². The Balaban J connectivity index is 3.13. The molecule has 0 saturated heterocycles. The minimum absolute atomic E-state index is 0.224. The predicted octanol–water partition coefficient (Wildman–Crippen LogP) is 0.973. The van der Waals surface area contributed by atoms with Gasteiger partial charge in [-0.25, -0.2) is 9.59 Å². The van der Waals surface area contributed by atoms with Gasteiger partial charge >= 0.3 is 11.9 Å². The highest BCUT2D eigenvalue weighted by molar-refractivity contribution is 5.97. The number of benzene rings is 1. The third-order valence-electron chi connectivity index (χ3n) is 2.13. The summed E-state index contributed by atoms with van der Waals surface area (Å²) in [5.74, 6) is -2.60. The van der Waals surface area contributed by atoms with Crippen LogP contribution in [0.15, 0.2) is 30.0 Å². The molecule has 0 atom stereocenters. The van der Waals surface area contributed by atoms with Crippen molar-refractivity contribution in [1.82, 2.24) is 0 Å². The summed E-state index contributed by atoms with van der Waals surface area (Å²) in [7, 11) is 1.34. The van der Waals surface area contributed by atoms with Crippen LogP contribution < -0.4 is 10.1 Å². The Morgan fingerprint density at radius 3 is 2.47 bits per heavy atom. The fourth-order valence-electron chi connectivity index (χ4n) is 1.30. The summed E-state index contributed by atoms with van der Waals surface area (Å²) in [6, 6.07) is 4.26. The van der Waals surface area contributed by atoms with Crippen LogP contribution in [-0.2, 0) is 9.59 Å². The first-order valence-corrected chi connectivity index (χ1v) is 5.06. The van der Waals surface area contributed by atoms with E-state index in [-0.39, 0.29) is 11.4 Å². The molecule has 1 aromatic rings. The van der Waals surface area contributed by atoms with Crippen LogP contribution in [0.2, 0.25) is 0 Å². The van der Waals surface area contributed by atoms with E-state index in [1.807, 2.05) is 0 Å². The van der Waals surface area contributed by atoms with Crippen molar-refractivity contribution in [1.29, 1.82) is 0 Å². The first-order chi connectivity index (χ1) is 8.97. The maximum Gasteiger partial charge on any atom is 0.352 e. The van der Waals surface area contributed by atoms with Crippen molar-refractivity contribution in [3.05, 3.63) is 35.5 Å². The third-order valence-corrected chi connectivity index (χ3v) is 2.13. The first-order valence-electron chi connectivity index (χ1n) is 5.06. The number of methoxy groups -OCH3 is 1. The van der Waals surface area contributed by atoms with Crippen molar-refractivity contribution in [3.8, 4) is 5.75 Å². The molecule has 0 radical (unpaired) electrons. The lowest BCUT2D eigenvalue weighted by Crippen LogP contribution is -2.13. The van der Waals surface area contributed by atoms with Crippen LogP contribution in [0.3, 0.4) is 0 Å². The number of carbonyl (C=O) groups is 3. The minimum Gasteiger partial charge on any atom is -0.495 e. The number of ether oxygens (including phenoxy) is 1. The Kier molecular flexibility index (Phi) is 4.64. The fraction of sp³-hybridized carbons (Fsp3) is 0.0833. The van der Waals surface area contributed by atoms with Crippen LogP contribution in [0.5, 0.6) is 5.75 Å². The quantitative estimate of drug-likeness (QED) is 0.518. The molecule has 7 heteroatoms. The largest absolute Gasteiger partial charge is 0.495 e. The van der Waals surface area contributed by atoms with E-state index in [9.17, 15) is 14.4 Å². The van der Waals surface area contributed by atoms with Crippen molar-refractivity contribution in [2.24, 2.45) is 0 Å². The van der Waals surface area contributed by atoms with Gasteiger partial charge in [0.2, 0.25) is 0 Å². The molecule has 0 aliphatic heterocycles. The number of carboxylic acids is 2. The molecule has 0 aliphatic carbocycles. The zero-order chi connectivity index (χ0) is 14.4. The van der Waals surface area contributed by atoms with E-state index in [0.29, 0.717) is 17.9 Å². The molecule has 0 spiro atoms. The van der Waals surface area contributed by atoms with Crippen molar-refractivity contribution < 1.29 is 29.3 Å². The normalized spacial score (nSPS) is 10.7.